The Bertz CT molecular complexity index is 4640. The molecular formula is C85H118Cl8IN21O9S3. The summed E-state index contributed by atoms with van der Waals surface area (Å²) in [5, 5.41) is 40.1. The molecule has 0 spiro atoms. The van der Waals surface area contributed by atoms with E-state index in [0.717, 1.165) is 168 Å². The number of Topliss-reactive ketones (excluding diaryl/α,β-unsaturated/α-hetero) is 2. The highest BCUT2D eigenvalue weighted by atomic mass is 127. The summed E-state index contributed by atoms with van der Waals surface area (Å²) in [6.45, 7) is 34.0. The van der Waals surface area contributed by atoms with Crippen LogP contribution in [-0.4, -0.2) is 236 Å². The Hall–Kier alpha value is -7.22. The van der Waals surface area contributed by atoms with Gasteiger partial charge in [-0.25, -0.2) is 39.9 Å². The largest absolute Gasteiger partial charge is 0.501 e. The van der Waals surface area contributed by atoms with Crippen molar-refractivity contribution in [1.29, 1.82) is 0 Å². The molecule has 42 heteroatoms. The van der Waals surface area contributed by atoms with Gasteiger partial charge in [0.15, 0.2) is 26.9 Å². The van der Waals surface area contributed by atoms with Crippen LogP contribution in [0, 0.1) is 48.5 Å². The molecule has 0 radical (unpaired) electrons. The molecule has 0 atom stereocenters. The number of thiazole rings is 2. The van der Waals surface area contributed by atoms with Crippen molar-refractivity contribution in [3.05, 3.63) is 212 Å². The highest BCUT2D eigenvalue weighted by Crippen LogP contribution is 2.30. The number of para-hydroxylation sites is 2. The SMILES string of the molecule is C1CCOC1.CCCC(=O)Nc1c(C)cccc1Cl.CCO/C=C/C(=O)Cl.Cc1cccc(Cl)c1CC(=O)c1cnc(N)s1.Cc1cccc(Cl)c1N.Cc1nc(Cl)cc(Cl)n1.Cc1nc(Cl)cc(N2CCN(CCO)CC2)n1.Cc1nc(Nc2ncc(C(=O)Cc3c(C)cccc3Cl)s2)cc(N2CCN(CCO)CC2)n1.I.N.NC(N)=S.OCCN1CCNCC1. The average molecular weight is 2080 g/mol. The van der Waals surface area contributed by atoms with Crippen LogP contribution in [0.4, 0.5) is 39.1 Å². The van der Waals surface area contributed by atoms with E-state index in [1.165, 1.54) is 54.0 Å². The highest BCUT2D eigenvalue weighted by Gasteiger charge is 2.23. The van der Waals surface area contributed by atoms with Gasteiger partial charge in [-0.05, 0) is 156 Å². The maximum absolute atomic E-state index is 12.8. The van der Waals surface area contributed by atoms with Gasteiger partial charge in [-0.2, -0.15) is 0 Å². The van der Waals surface area contributed by atoms with E-state index in [0.29, 0.717) is 111 Å². The van der Waals surface area contributed by atoms with E-state index in [2.05, 4.69) is 109 Å². The number of halogens is 9. The third kappa shape index (κ3) is 47.4. The molecule has 30 nitrogen and oxygen atoms in total. The van der Waals surface area contributed by atoms with Gasteiger partial charge < -0.3 is 79.6 Å². The molecule has 698 valence electrons. The number of aryl methyl sites for hydroxylation is 7. The maximum Gasteiger partial charge on any atom is 0.248 e. The van der Waals surface area contributed by atoms with Crippen molar-refractivity contribution in [2.75, 3.05) is 170 Å². The smallest absolute Gasteiger partial charge is 0.248 e. The minimum atomic E-state index is -0.515. The lowest BCUT2D eigenvalue weighted by Crippen LogP contribution is -2.47. The Morgan fingerprint density at radius 3 is 1.39 bits per heavy atom. The fourth-order valence-corrected chi connectivity index (χ4v) is 14.8. The summed E-state index contributed by atoms with van der Waals surface area (Å²) in [5.41, 5.74) is 27.4. The molecule has 4 fully saturated rings. The number of nitrogens with one attached hydrogen (secondary N) is 3. The van der Waals surface area contributed by atoms with E-state index in [1.54, 1.807) is 43.5 Å². The normalized spacial score (nSPS) is 13.3. The molecule has 0 saturated carbocycles. The molecule has 4 saturated heterocycles. The first kappa shape index (κ1) is 116. The number of aliphatic hydroxyl groups is 3. The van der Waals surface area contributed by atoms with E-state index in [1.807, 2.05) is 110 Å². The number of β-amino-alcohol motifs (C(OH)–C–C–N with tert-alkyl or cyclic N) is 3. The van der Waals surface area contributed by atoms with Crippen LogP contribution in [0.25, 0.3) is 0 Å². The fourth-order valence-electron chi connectivity index (χ4n) is 11.5. The van der Waals surface area contributed by atoms with Crippen molar-refractivity contribution >= 4 is 219 Å². The van der Waals surface area contributed by atoms with Crippen molar-refractivity contribution in [3.8, 4) is 0 Å². The summed E-state index contributed by atoms with van der Waals surface area (Å²) >= 11 is 52.5. The number of ketones is 2. The second kappa shape index (κ2) is 65.4. The third-order valence-corrected chi connectivity index (χ3v) is 21.8. The minimum absolute atomic E-state index is 0. The fraction of sp³-hybridized carbons (Fsp3) is 0.424. The van der Waals surface area contributed by atoms with Crippen LogP contribution in [0.3, 0.4) is 0 Å². The summed E-state index contributed by atoms with van der Waals surface area (Å²) in [7, 11) is 0. The van der Waals surface area contributed by atoms with Crippen LogP contribution >= 0.6 is 152 Å². The second-order valence-electron chi connectivity index (χ2n) is 27.7. The van der Waals surface area contributed by atoms with Crippen LogP contribution in [-0.2, 0) is 31.9 Å². The van der Waals surface area contributed by atoms with Crippen molar-refractivity contribution in [3.63, 3.8) is 0 Å². The molecule has 4 aliphatic heterocycles. The van der Waals surface area contributed by atoms with Crippen molar-refractivity contribution < 1.29 is 44.0 Å². The molecule has 17 N–H and O–H groups in total. The van der Waals surface area contributed by atoms with E-state index in [-0.39, 0.29) is 78.8 Å². The van der Waals surface area contributed by atoms with Gasteiger partial charge in [0.05, 0.1) is 76.3 Å². The Morgan fingerprint density at radius 1 is 0.567 bits per heavy atom. The first-order valence-electron chi connectivity index (χ1n) is 40.1. The van der Waals surface area contributed by atoms with Gasteiger partial charge in [-0.15, -0.1) is 24.0 Å². The number of nitrogens with two attached hydrogens (primary N) is 4. The van der Waals surface area contributed by atoms with Gasteiger partial charge in [0.2, 0.25) is 11.1 Å². The number of benzene rings is 4. The van der Waals surface area contributed by atoms with Gasteiger partial charge in [0.25, 0.3) is 0 Å². The summed E-state index contributed by atoms with van der Waals surface area (Å²) in [6, 6.07) is 27.6. The van der Waals surface area contributed by atoms with Gasteiger partial charge in [0, 0.05) is 165 Å². The van der Waals surface area contributed by atoms with Gasteiger partial charge >= 0.3 is 0 Å². The molecule has 127 heavy (non-hydrogen) atoms. The minimum Gasteiger partial charge on any atom is -0.501 e. The summed E-state index contributed by atoms with van der Waals surface area (Å²) < 4.78 is 9.60. The number of hydrogen-bond donors (Lipinski definition) is 11. The number of carbonyl (C=O) groups is 4. The predicted molar refractivity (Wildman–Crippen MR) is 537 cm³/mol. The Labute approximate surface area is 815 Å². The van der Waals surface area contributed by atoms with Gasteiger partial charge in [-0.3, -0.25) is 33.9 Å². The van der Waals surface area contributed by atoms with Crippen molar-refractivity contribution in [2.45, 2.75) is 101 Å². The Kier molecular flexibility index (Phi) is 59.6. The lowest BCUT2D eigenvalue weighted by molar-refractivity contribution is -0.116. The number of thiocarbonyl (C=S) groups is 1. The van der Waals surface area contributed by atoms with Crippen molar-refractivity contribution in [1.82, 2.24) is 66.0 Å². The maximum atomic E-state index is 12.8. The van der Waals surface area contributed by atoms with Crippen LogP contribution in [0.1, 0.15) is 110 Å². The van der Waals surface area contributed by atoms with Crippen molar-refractivity contribution in [2.24, 2.45) is 11.5 Å². The average Bonchev–Trinajstić information content (AvgIpc) is 1.80. The van der Waals surface area contributed by atoms with Crippen LogP contribution < -0.4 is 54.8 Å². The first-order chi connectivity index (χ1) is 59.7. The number of rotatable bonds is 22. The Balaban J connectivity index is 0.000000507. The zero-order valence-electron chi connectivity index (χ0n) is 72.8. The van der Waals surface area contributed by atoms with E-state index >= 15 is 0 Å². The predicted octanol–water partition coefficient (Wildman–Crippen LogP) is 15.8. The number of ether oxygens (including phenoxy) is 2. The first-order valence-corrected chi connectivity index (χ1v) is 45.1. The molecule has 9 heterocycles. The summed E-state index contributed by atoms with van der Waals surface area (Å²) in [5.74, 6) is 4.34. The number of allylic oxidation sites excluding steroid dienone is 1. The number of hydrogen-bond acceptors (Lipinski definition) is 30. The molecule has 5 aromatic heterocycles. The molecule has 9 aromatic rings. The molecule has 4 aliphatic rings. The number of aliphatic hydroxyl groups excluding tert-OH is 3. The number of aromatic nitrogens is 8. The summed E-state index contributed by atoms with van der Waals surface area (Å²) in [6.07, 6.45) is 9.99. The highest BCUT2D eigenvalue weighted by molar-refractivity contribution is 14.0. The second-order valence-corrected chi connectivity index (χ2v) is 33.4. The van der Waals surface area contributed by atoms with Gasteiger partial charge in [-0.1, -0.05) is 159 Å². The van der Waals surface area contributed by atoms with Crippen LogP contribution in [0.2, 0.25) is 35.5 Å². The summed E-state index contributed by atoms with van der Waals surface area (Å²) in [4.78, 5) is 91.7. The van der Waals surface area contributed by atoms with Crippen LogP contribution in [0.5, 0.6) is 0 Å². The zero-order valence-corrected chi connectivity index (χ0v) is 83.7. The number of nitrogens with zero attached hydrogens (tertiary/aromatic N) is 13. The molecule has 0 bridgehead atoms. The molecule has 1 amide bonds. The lowest BCUT2D eigenvalue weighted by Gasteiger charge is -2.35. The number of amides is 1. The molecule has 0 unspecified atom stereocenters. The Morgan fingerprint density at radius 2 is 0.992 bits per heavy atom. The quantitative estimate of drug-likeness (QED) is 0.00439. The molecule has 4 aromatic carbocycles. The molecule has 13 rings (SSSR count). The number of anilines is 7. The lowest BCUT2D eigenvalue weighted by atomic mass is 10.0. The monoisotopic (exact) mass is 2080 g/mol. The van der Waals surface area contributed by atoms with E-state index in [9.17, 15) is 19.2 Å². The third-order valence-electron chi connectivity index (χ3n) is 18.0. The van der Waals surface area contributed by atoms with Crippen LogP contribution in [0.15, 0.2) is 116 Å². The van der Waals surface area contributed by atoms with E-state index < -0.39 is 5.24 Å². The molecular weight excluding hydrogens is 1970 g/mol. The zero-order chi connectivity index (χ0) is 92.3. The number of carbonyl (C=O) groups excluding carboxylic acids is 4. The molecule has 0 aliphatic carbocycles. The standard InChI is InChI=1S/C23H27ClN6O2S.C12H11ClN2OS.C11H17ClN4O.C11H14ClNO.C7H8ClN.C6H14N2O.C5H4Cl2N2.C5H7ClO2.C4H8O.CH4N2S.HI.H3N/c1-15-4-3-5-18(24)17(15)12-19(32)20-14-25-23(33-20)28-21-13-22(27-16(2)26-21)30-8-6-29(7-9-30)10-11-31;1-7-3-2-4-9(13)8(7)5-10(16)11-6-15-12(14)17-11;1-9-13-10(12)8-11(14-9)16-4-2-15(3-5-16)6-7-17;1-3-5-10(14)13-11-8(2)6-4-7-9(11)12;1-5-3-2-4-6(8)7(5)9;9-6-5-8-3-1-7-2-4-8;1-3-8-4(6)2-5(7)9-3;1-2-8-4-3-5(6)7;1-2-4-5-3-1;2-1(3)4;;/h3-5,13-14,31H,6-12H2,1-2H3,(H,25,26,27,28);2-4,6H,5H2,1H3,(H2,14,15);8,17H,2-7H2,1H3;4,6-7H,3,5H2,1-2H3,(H,13,14);2-4H,9H2,1H3;7,9H,1-6H2;2H,1H3;3-4H,2H2,1H3;1-4H2;(H4,2,3,4);1H;1H3/b;;;;;;;4-3+;;;;. The van der Waals surface area contributed by atoms with Gasteiger partial charge in [0.1, 0.15) is 50.4 Å². The van der Waals surface area contributed by atoms with E-state index in [4.69, 9.17) is 124 Å². The number of piperazine rings is 3. The number of nitrogen functional groups attached to an aromatic ring is 2. The topological polar surface area (TPSA) is 442 Å².